The lowest BCUT2D eigenvalue weighted by molar-refractivity contribution is -0.121. The molecule has 7 heteroatoms. The van der Waals surface area contributed by atoms with Crippen LogP contribution in [0.4, 0.5) is 5.69 Å². The van der Waals surface area contributed by atoms with E-state index < -0.39 is 6.04 Å². The number of carbonyl (C=O) groups excluding carboxylic acids is 2. The molecule has 3 aliphatic rings. The molecule has 0 unspecified atom stereocenters. The third-order valence-corrected chi connectivity index (χ3v) is 5.88. The second kappa shape index (κ2) is 5.94. The summed E-state index contributed by atoms with van der Waals surface area (Å²) >= 11 is 0. The Morgan fingerprint density at radius 3 is 2.79 bits per heavy atom. The van der Waals surface area contributed by atoms with Crippen molar-refractivity contribution in [1.82, 2.24) is 9.88 Å². The lowest BCUT2D eigenvalue weighted by Gasteiger charge is -2.33. The minimum atomic E-state index is -0.453. The van der Waals surface area contributed by atoms with Gasteiger partial charge in [0, 0.05) is 23.7 Å². The fourth-order valence-corrected chi connectivity index (χ4v) is 4.51. The van der Waals surface area contributed by atoms with Gasteiger partial charge in [-0.05, 0) is 30.7 Å². The molecular weight excluding hydrogens is 370 g/mol. The molecule has 0 radical (unpaired) electrons. The van der Waals surface area contributed by atoms with Crippen LogP contribution >= 0.6 is 0 Å². The molecule has 2 amide bonds. The number of fused-ring (bicyclic) bond motifs is 4. The molecule has 29 heavy (non-hydrogen) atoms. The largest absolute Gasteiger partial charge is 0.454 e. The normalized spacial score (nSPS) is 22.0. The third-order valence-electron chi connectivity index (χ3n) is 5.88. The molecule has 0 N–H and O–H groups in total. The zero-order valence-electron chi connectivity index (χ0n) is 15.4. The van der Waals surface area contributed by atoms with Gasteiger partial charge >= 0.3 is 0 Å². The number of rotatable bonds is 2. The van der Waals surface area contributed by atoms with Crippen molar-refractivity contribution in [2.75, 3.05) is 18.2 Å². The van der Waals surface area contributed by atoms with Crippen molar-refractivity contribution < 1.29 is 19.1 Å². The standard InChI is InChI=1S/C22H17N3O4/c26-21(17-7-5-13-3-1-2-4-16(13)23-17)24-11-15-9-18(24)22(27)25(15)14-6-8-19-20(10-14)29-12-28-19/h1-8,10,15,18H,9,11-12H2/t15-,18-/m0/s1. The highest BCUT2D eigenvalue weighted by molar-refractivity contribution is 6.06. The first-order chi connectivity index (χ1) is 14.2. The number of ether oxygens (including phenoxy) is 2. The van der Waals surface area contributed by atoms with Crippen molar-refractivity contribution in [2.24, 2.45) is 0 Å². The maximum Gasteiger partial charge on any atom is 0.273 e. The van der Waals surface area contributed by atoms with Gasteiger partial charge in [0.25, 0.3) is 5.91 Å². The molecule has 0 saturated carbocycles. The third kappa shape index (κ3) is 2.40. The number of nitrogens with zero attached hydrogens (tertiary/aromatic N) is 3. The molecule has 7 nitrogen and oxygen atoms in total. The zero-order valence-corrected chi connectivity index (χ0v) is 15.4. The molecule has 6 rings (SSSR count). The molecule has 2 atom stereocenters. The van der Waals surface area contributed by atoms with E-state index in [0.717, 1.165) is 16.6 Å². The quantitative estimate of drug-likeness (QED) is 0.676. The Hall–Kier alpha value is -3.61. The van der Waals surface area contributed by atoms with Crippen LogP contribution in [0.25, 0.3) is 10.9 Å². The van der Waals surface area contributed by atoms with Crippen LogP contribution in [0.2, 0.25) is 0 Å². The van der Waals surface area contributed by atoms with Gasteiger partial charge in [-0.1, -0.05) is 24.3 Å². The summed E-state index contributed by atoms with van der Waals surface area (Å²) < 4.78 is 10.8. The van der Waals surface area contributed by atoms with Crippen molar-refractivity contribution in [2.45, 2.75) is 18.5 Å². The van der Waals surface area contributed by atoms with Gasteiger partial charge in [-0.3, -0.25) is 9.59 Å². The number of hydrogen-bond acceptors (Lipinski definition) is 5. The number of para-hydroxylation sites is 1. The maximum atomic E-state index is 13.1. The van der Waals surface area contributed by atoms with Gasteiger partial charge < -0.3 is 19.3 Å². The highest BCUT2D eigenvalue weighted by Crippen LogP contribution is 2.41. The number of anilines is 1. The van der Waals surface area contributed by atoms with Gasteiger partial charge in [0.1, 0.15) is 11.7 Å². The van der Waals surface area contributed by atoms with E-state index in [2.05, 4.69) is 4.98 Å². The van der Waals surface area contributed by atoms with Crippen molar-refractivity contribution in [3.05, 3.63) is 60.3 Å². The Kier molecular flexibility index (Phi) is 3.35. The Morgan fingerprint density at radius 1 is 1.03 bits per heavy atom. The van der Waals surface area contributed by atoms with Crippen molar-refractivity contribution >= 4 is 28.4 Å². The Morgan fingerprint density at radius 2 is 1.90 bits per heavy atom. The predicted octanol–water partition coefficient (Wildman–Crippen LogP) is 2.59. The molecule has 3 aromatic rings. The summed E-state index contributed by atoms with van der Waals surface area (Å²) in [6.07, 6.45) is 0.632. The van der Waals surface area contributed by atoms with E-state index in [1.54, 1.807) is 15.9 Å². The molecule has 144 valence electrons. The van der Waals surface area contributed by atoms with Gasteiger partial charge in [0.05, 0.1) is 11.6 Å². The van der Waals surface area contributed by atoms with E-state index in [1.165, 1.54) is 0 Å². The first-order valence-electron chi connectivity index (χ1n) is 9.58. The summed E-state index contributed by atoms with van der Waals surface area (Å²) in [4.78, 5) is 34.1. The molecule has 2 saturated heterocycles. The van der Waals surface area contributed by atoms with Crippen LogP contribution in [-0.4, -0.2) is 47.1 Å². The van der Waals surface area contributed by atoms with E-state index in [-0.39, 0.29) is 24.6 Å². The molecule has 1 aromatic heterocycles. The monoisotopic (exact) mass is 387 g/mol. The second-order valence-corrected chi connectivity index (χ2v) is 7.50. The maximum absolute atomic E-state index is 13.1. The minimum Gasteiger partial charge on any atom is -0.454 e. The summed E-state index contributed by atoms with van der Waals surface area (Å²) in [7, 11) is 0. The molecular formula is C22H17N3O4. The molecule has 3 aliphatic heterocycles. The van der Waals surface area contributed by atoms with Crippen LogP contribution < -0.4 is 14.4 Å². The van der Waals surface area contributed by atoms with Crippen LogP contribution in [0.5, 0.6) is 11.5 Å². The number of likely N-dealkylation sites (tertiary alicyclic amines) is 1. The van der Waals surface area contributed by atoms with E-state index in [1.807, 2.05) is 48.5 Å². The molecule has 2 fully saturated rings. The summed E-state index contributed by atoms with van der Waals surface area (Å²) in [6, 6.07) is 16.3. The Labute approximate surface area is 166 Å². The second-order valence-electron chi connectivity index (χ2n) is 7.50. The van der Waals surface area contributed by atoms with Crippen LogP contribution in [0.1, 0.15) is 16.9 Å². The first-order valence-corrected chi connectivity index (χ1v) is 9.58. The Bertz CT molecular complexity index is 1180. The molecule has 0 aliphatic carbocycles. The van der Waals surface area contributed by atoms with Crippen molar-refractivity contribution in [3.63, 3.8) is 0 Å². The summed E-state index contributed by atoms with van der Waals surface area (Å²) in [5, 5.41) is 0.983. The average Bonchev–Trinajstić information content (AvgIpc) is 3.46. The summed E-state index contributed by atoms with van der Waals surface area (Å²) in [5.74, 6) is 1.08. The highest BCUT2D eigenvalue weighted by Gasteiger charge is 2.52. The van der Waals surface area contributed by atoms with Crippen LogP contribution in [0.3, 0.4) is 0 Å². The first kappa shape index (κ1) is 16.4. The van der Waals surface area contributed by atoms with Gasteiger partial charge in [0.15, 0.2) is 11.5 Å². The molecule has 2 aromatic carbocycles. The topological polar surface area (TPSA) is 72.0 Å². The van der Waals surface area contributed by atoms with Crippen LogP contribution in [-0.2, 0) is 4.79 Å². The fraction of sp³-hybridized carbons (Fsp3) is 0.227. The number of piperazine rings is 1. The van der Waals surface area contributed by atoms with E-state index >= 15 is 0 Å². The summed E-state index contributed by atoms with van der Waals surface area (Å²) in [6.45, 7) is 0.692. The number of amides is 2. The zero-order chi connectivity index (χ0) is 19.5. The van der Waals surface area contributed by atoms with E-state index in [9.17, 15) is 9.59 Å². The number of carbonyl (C=O) groups is 2. The lowest BCUT2D eigenvalue weighted by atomic mass is 10.1. The number of hydrogen-bond donors (Lipinski definition) is 0. The average molecular weight is 387 g/mol. The Balaban J connectivity index is 1.27. The lowest BCUT2D eigenvalue weighted by Crippen LogP contribution is -2.52. The van der Waals surface area contributed by atoms with Crippen LogP contribution in [0.15, 0.2) is 54.6 Å². The fourth-order valence-electron chi connectivity index (χ4n) is 4.51. The van der Waals surface area contributed by atoms with Crippen molar-refractivity contribution in [3.8, 4) is 11.5 Å². The van der Waals surface area contributed by atoms with E-state index in [0.29, 0.717) is 30.2 Å². The highest BCUT2D eigenvalue weighted by atomic mass is 16.7. The van der Waals surface area contributed by atoms with Crippen LogP contribution in [0, 0.1) is 0 Å². The summed E-state index contributed by atoms with van der Waals surface area (Å²) in [5.41, 5.74) is 1.93. The van der Waals surface area contributed by atoms with Gasteiger partial charge in [-0.2, -0.15) is 0 Å². The van der Waals surface area contributed by atoms with Gasteiger partial charge in [-0.15, -0.1) is 0 Å². The SMILES string of the molecule is O=C(c1ccc2ccccc2n1)N1C[C@@H]2C[C@H]1C(=O)N2c1ccc2c(c1)OCO2. The molecule has 4 heterocycles. The number of pyridine rings is 1. The van der Waals surface area contributed by atoms with Gasteiger partial charge in [-0.25, -0.2) is 4.98 Å². The van der Waals surface area contributed by atoms with E-state index in [4.69, 9.17) is 9.47 Å². The predicted molar refractivity (Wildman–Crippen MR) is 105 cm³/mol. The number of aromatic nitrogens is 1. The number of benzene rings is 2. The van der Waals surface area contributed by atoms with Gasteiger partial charge in [0.2, 0.25) is 12.7 Å². The van der Waals surface area contributed by atoms with Crippen molar-refractivity contribution in [1.29, 1.82) is 0 Å². The molecule has 0 spiro atoms. The minimum absolute atomic E-state index is 0.0442. The smallest absolute Gasteiger partial charge is 0.273 e. The molecule has 2 bridgehead atoms.